The molecule has 0 radical (unpaired) electrons. The van der Waals surface area contributed by atoms with Gasteiger partial charge in [-0.1, -0.05) is 121 Å². The zero-order chi connectivity index (χ0) is 44.5. The van der Waals surface area contributed by atoms with Gasteiger partial charge in [0.25, 0.3) is 0 Å². The average molecular weight is 1000 g/mol. The molecule has 0 bridgehead atoms. The predicted molar refractivity (Wildman–Crippen MR) is 251 cm³/mol. The van der Waals surface area contributed by atoms with Gasteiger partial charge in [-0.25, -0.2) is 36.8 Å². The molecule has 0 aliphatic carbocycles. The first kappa shape index (κ1) is 51.4. The minimum Gasteiger partial charge on any atom is -0.744 e. The second-order valence-electron chi connectivity index (χ2n) is 13.4. The van der Waals surface area contributed by atoms with E-state index in [2.05, 4.69) is 20.6 Å². The Morgan fingerprint density at radius 3 is 1.05 bits per heavy atom. The van der Waals surface area contributed by atoms with Gasteiger partial charge in [0.15, 0.2) is 10.3 Å². The molecule has 0 unspecified atom stereocenters. The van der Waals surface area contributed by atoms with Crippen molar-refractivity contribution in [3.8, 4) is 0 Å². The molecule has 0 saturated carbocycles. The third-order valence-corrected chi connectivity index (χ3v) is 14.1. The van der Waals surface area contributed by atoms with E-state index in [-0.39, 0.29) is 81.6 Å². The van der Waals surface area contributed by atoms with Crippen LogP contribution in [-0.2, 0) is 20.2 Å². The summed E-state index contributed by atoms with van der Waals surface area (Å²) in [7, 11) is -10.1. The third-order valence-electron chi connectivity index (χ3n) is 8.75. The Morgan fingerprint density at radius 2 is 0.727 bits per heavy atom. The molecule has 0 aliphatic rings. The van der Waals surface area contributed by atoms with E-state index >= 15 is 0 Å². The van der Waals surface area contributed by atoms with Crippen molar-refractivity contribution in [1.82, 2.24) is 19.9 Å². The van der Waals surface area contributed by atoms with Crippen molar-refractivity contribution in [2.45, 2.75) is 49.7 Å². The van der Waals surface area contributed by atoms with Crippen LogP contribution in [0.15, 0.2) is 220 Å². The second-order valence-corrected chi connectivity index (χ2v) is 20.4. The van der Waals surface area contributed by atoms with Crippen LogP contribution in [0.3, 0.4) is 0 Å². The summed E-state index contributed by atoms with van der Waals surface area (Å²) in [5.74, 6) is 0.699. The molecule has 2 heterocycles. The van der Waals surface area contributed by atoms with Crippen LogP contribution in [-0.4, -0.2) is 45.9 Å². The maximum atomic E-state index is 12.7. The molecular formula is C46H32N6Na2O6S6. The van der Waals surface area contributed by atoms with Gasteiger partial charge in [0.05, 0.1) is 9.79 Å². The summed E-state index contributed by atoms with van der Waals surface area (Å²) in [6.45, 7) is 0. The van der Waals surface area contributed by atoms with E-state index in [1.54, 1.807) is 24.3 Å². The van der Waals surface area contributed by atoms with E-state index in [1.165, 1.54) is 83.5 Å². The van der Waals surface area contributed by atoms with E-state index in [4.69, 9.17) is 9.97 Å². The molecule has 8 rings (SSSR count). The van der Waals surface area contributed by atoms with E-state index in [9.17, 15) is 25.9 Å². The van der Waals surface area contributed by atoms with Gasteiger partial charge in [0, 0.05) is 43.1 Å². The van der Waals surface area contributed by atoms with Crippen LogP contribution in [0.4, 0.5) is 23.0 Å². The van der Waals surface area contributed by atoms with E-state index < -0.39 is 30.0 Å². The van der Waals surface area contributed by atoms with Crippen molar-refractivity contribution >= 4 is 102 Å². The Hall–Kier alpha value is -3.96. The second kappa shape index (κ2) is 23.9. The van der Waals surface area contributed by atoms with Gasteiger partial charge in [0.1, 0.15) is 41.9 Å². The van der Waals surface area contributed by atoms with Crippen molar-refractivity contribution in [2.24, 2.45) is 0 Å². The molecule has 0 spiro atoms. The number of hydrogen-bond donors (Lipinski definition) is 2. The first-order valence-corrected chi connectivity index (χ1v) is 25.1. The molecular weight excluding hydrogens is 971 g/mol. The number of hydrogen-bond acceptors (Lipinski definition) is 16. The van der Waals surface area contributed by atoms with Crippen molar-refractivity contribution in [3.63, 3.8) is 0 Å². The summed E-state index contributed by atoms with van der Waals surface area (Å²) in [5, 5.41) is 8.35. The SMILES string of the molecule is O=S(=O)([O-])c1cc(Nc2cc(Sc3ccccc3)nc(Sc3ccccc3)n2)ccc1C=Cc1ccc(Nc2cc(Sc3ccccc3)nc(Sc3ccccc3)n2)cc1S(=O)(=O)[O-].[Na+].[Na+]. The van der Waals surface area contributed by atoms with Crippen LogP contribution in [0.2, 0.25) is 0 Å². The van der Waals surface area contributed by atoms with E-state index in [1.807, 2.05) is 121 Å². The summed E-state index contributed by atoms with van der Waals surface area (Å²) in [6.07, 6.45) is 2.54. The van der Waals surface area contributed by atoms with Gasteiger partial charge < -0.3 is 19.7 Å². The first-order chi connectivity index (χ1) is 30.9. The molecule has 0 atom stereocenters. The monoisotopic (exact) mass is 1000 g/mol. The van der Waals surface area contributed by atoms with Crippen molar-refractivity contribution < 1.29 is 85.1 Å². The summed E-state index contributed by atoms with van der Waals surface area (Å²) in [5.41, 5.74) is 0.423. The topological polar surface area (TPSA) is 190 Å². The van der Waals surface area contributed by atoms with Gasteiger partial charge in [-0.05, 0) is 107 Å². The maximum Gasteiger partial charge on any atom is 1.00 e. The quantitative estimate of drug-likeness (QED) is 0.0414. The summed E-state index contributed by atoms with van der Waals surface area (Å²) >= 11 is 5.54. The zero-order valence-corrected chi connectivity index (χ0v) is 43.9. The van der Waals surface area contributed by atoms with Gasteiger partial charge >= 0.3 is 59.1 Å². The van der Waals surface area contributed by atoms with Gasteiger partial charge in [-0.3, -0.25) is 0 Å². The Morgan fingerprint density at radius 1 is 0.409 bits per heavy atom. The van der Waals surface area contributed by atoms with Crippen LogP contribution in [0.5, 0.6) is 0 Å². The molecule has 20 heteroatoms. The van der Waals surface area contributed by atoms with Crippen molar-refractivity contribution in [3.05, 3.63) is 181 Å². The number of benzene rings is 6. The standard InChI is InChI=1S/C46H34N6O6S6.2Na/c53-63(54,55)39-27-33(47-41-29-43(59-35-13-5-1-6-14-35)51-45(49-41)61-37-17-9-3-10-18-37)25-23-31(39)21-22-32-24-26-34(28-40(32)64(56,57)58)48-42-30-44(60-36-15-7-2-8-16-36)52-46(50-42)62-38-19-11-4-12-20-38;;/h1-30H,(H,47,49,51)(H,48,50,52)(H,53,54,55)(H,56,57,58);;/q;2*+1/p-2. The fourth-order valence-electron chi connectivity index (χ4n) is 5.95. The minimum absolute atomic E-state index is 0. The van der Waals surface area contributed by atoms with Crippen molar-refractivity contribution in [1.29, 1.82) is 0 Å². The van der Waals surface area contributed by atoms with Crippen molar-refractivity contribution in [2.75, 3.05) is 10.6 Å². The number of aromatic nitrogens is 4. The van der Waals surface area contributed by atoms with Crippen LogP contribution in [0.25, 0.3) is 12.2 Å². The van der Waals surface area contributed by atoms with Crippen LogP contribution >= 0.6 is 47.0 Å². The smallest absolute Gasteiger partial charge is 0.744 e. The van der Waals surface area contributed by atoms with Gasteiger partial charge in [-0.2, -0.15) is 0 Å². The largest absolute Gasteiger partial charge is 1.00 e. The van der Waals surface area contributed by atoms with Gasteiger partial charge in [-0.15, -0.1) is 0 Å². The molecule has 12 nitrogen and oxygen atoms in total. The molecule has 2 N–H and O–H groups in total. The average Bonchev–Trinajstić information content (AvgIpc) is 3.27. The van der Waals surface area contributed by atoms with Crippen LogP contribution in [0, 0.1) is 0 Å². The Bertz CT molecular complexity index is 2850. The fraction of sp³-hybridized carbons (Fsp3) is 0. The molecule has 320 valence electrons. The molecule has 8 aromatic rings. The van der Waals surface area contributed by atoms with Crippen LogP contribution < -0.4 is 69.7 Å². The van der Waals surface area contributed by atoms with E-state index in [0.717, 1.165) is 19.6 Å². The fourth-order valence-corrected chi connectivity index (χ4v) is 10.7. The first-order valence-electron chi connectivity index (χ1n) is 19.0. The Labute approximate surface area is 443 Å². The van der Waals surface area contributed by atoms with E-state index in [0.29, 0.717) is 32.0 Å². The number of anilines is 4. The summed E-state index contributed by atoms with van der Waals surface area (Å²) < 4.78 is 76.0. The number of rotatable bonds is 16. The Balaban J connectivity index is 0.00000360. The molecule has 6 aromatic carbocycles. The summed E-state index contributed by atoms with van der Waals surface area (Å²) in [4.78, 5) is 21.3. The molecule has 0 aliphatic heterocycles. The van der Waals surface area contributed by atoms with Crippen LogP contribution in [0.1, 0.15) is 11.1 Å². The predicted octanol–water partition coefficient (Wildman–Crippen LogP) is 5.35. The number of nitrogens with one attached hydrogen (secondary N) is 2. The van der Waals surface area contributed by atoms with Gasteiger partial charge in [0.2, 0.25) is 0 Å². The third kappa shape index (κ3) is 14.8. The zero-order valence-electron chi connectivity index (χ0n) is 35.0. The maximum absolute atomic E-state index is 12.7. The normalized spacial score (nSPS) is 11.4. The molecule has 0 saturated heterocycles. The molecule has 0 fully saturated rings. The molecule has 66 heavy (non-hydrogen) atoms. The Kier molecular flexibility index (Phi) is 18.6. The molecule has 0 amide bonds. The molecule has 2 aromatic heterocycles. The minimum atomic E-state index is -5.07. The summed E-state index contributed by atoms with van der Waals surface area (Å²) in [6, 6.07) is 50.1. The number of nitrogens with zero attached hydrogens (tertiary/aromatic N) is 4.